The van der Waals surface area contributed by atoms with E-state index in [4.69, 9.17) is 40.6 Å². The van der Waals surface area contributed by atoms with Crippen molar-refractivity contribution in [3.63, 3.8) is 0 Å². The van der Waals surface area contributed by atoms with Crippen LogP contribution in [0.4, 0.5) is 29.5 Å². The lowest BCUT2D eigenvalue weighted by molar-refractivity contribution is 0.101. The Morgan fingerprint density at radius 1 is 0.736 bits per heavy atom. The smallest absolute Gasteiger partial charge is 0.300 e. The van der Waals surface area contributed by atoms with Gasteiger partial charge >= 0.3 is 0 Å². The first-order valence-corrected chi connectivity index (χ1v) is 24.2. The van der Waals surface area contributed by atoms with Crippen LogP contribution < -0.4 is 31.1 Å². The Bertz CT molecular complexity index is 3090. The van der Waals surface area contributed by atoms with E-state index < -0.39 is 5.91 Å². The van der Waals surface area contributed by atoms with Gasteiger partial charge in [0.25, 0.3) is 23.8 Å². The van der Waals surface area contributed by atoms with Crippen LogP contribution in [0.15, 0.2) is 81.0 Å². The summed E-state index contributed by atoms with van der Waals surface area (Å²) in [4.78, 5) is 66.5. The van der Waals surface area contributed by atoms with E-state index in [2.05, 4.69) is 62.5 Å². The van der Waals surface area contributed by atoms with Gasteiger partial charge in [-0.1, -0.05) is 37.6 Å². The molecule has 2 unspecified atom stereocenters. The number of halogens is 1. The molecule has 7 aromatic heterocycles. The van der Waals surface area contributed by atoms with Crippen molar-refractivity contribution in [2.24, 2.45) is 29.6 Å². The molecule has 11 heterocycles. The highest BCUT2D eigenvalue weighted by molar-refractivity contribution is 6.33. The summed E-state index contributed by atoms with van der Waals surface area (Å²) in [7, 11) is 5.65. The molecule has 4 saturated heterocycles. The zero-order chi connectivity index (χ0) is 50.3. The topological polar surface area (TPSA) is 249 Å². The molecule has 0 spiro atoms. The second-order valence-corrected chi connectivity index (χ2v) is 17.7. The van der Waals surface area contributed by atoms with E-state index in [-0.39, 0.29) is 16.6 Å². The third-order valence-corrected chi connectivity index (χ3v) is 12.7. The molecule has 4 aliphatic rings. The number of carbonyl (C=O) groups excluding carboxylic acids is 2. The third kappa shape index (κ3) is 11.0. The van der Waals surface area contributed by atoms with Crippen molar-refractivity contribution in [1.82, 2.24) is 44.6 Å². The maximum absolute atomic E-state index is 13.7. The number of ether oxygens (including phenoxy) is 2. The first-order chi connectivity index (χ1) is 35.1. The number of allylic oxidation sites excluding steroid dienone is 1. The summed E-state index contributed by atoms with van der Waals surface area (Å²) in [5, 5.41) is 9.89. The number of carbonyl (C=O) groups is 2. The van der Waals surface area contributed by atoms with Gasteiger partial charge in [-0.25, -0.2) is 19.9 Å². The molecule has 0 bridgehead atoms. The van der Waals surface area contributed by atoms with Crippen molar-refractivity contribution < 1.29 is 27.9 Å². The van der Waals surface area contributed by atoms with Gasteiger partial charge in [-0.15, -0.1) is 0 Å². The van der Waals surface area contributed by atoms with E-state index in [1.165, 1.54) is 6.20 Å². The molecular formula is C49H57ClN16O6. The van der Waals surface area contributed by atoms with Gasteiger partial charge in [0.2, 0.25) is 11.3 Å². The van der Waals surface area contributed by atoms with Crippen LogP contribution in [0.1, 0.15) is 40.3 Å². The van der Waals surface area contributed by atoms with Gasteiger partial charge in [-0.05, 0) is 43.1 Å². The van der Waals surface area contributed by atoms with Gasteiger partial charge in [0.05, 0.1) is 55.1 Å². The largest absolute Gasteiger partial charge is 0.422 e. The Morgan fingerprint density at radius 2 is 1.31 bits per heavy atom. The van der Waals surface area contributed by atoms with Crippen LogP contribution in [0.25, 0.3) is 39.3 Å². The van der Waals surface area contributed by atoms with E-state index in [9.17, 15) is 9.59 Å². The number of pyridine rings is 4. The summed E-state index contributed by atoms with van der Waals surface area (Å²) in [6.45, 7) is 13.0. The van der Waals surface area contributed by atoms with Crippen molar-refractivity contribution in [3.8, 4) is 11.3 Å². The quantitative estimate of drug-likeness (QED) is 0.113. The van der Waals surface area contributed by atoms with Crippen molar-refractivity contribution in [3.05, 3.63) is 89.1 Å². The van der Waals surface area contributed by atoms with E-state index in [0.29, 0.717) is 139 Å². The fourth-order valence-electron chi connectivity index (χ4n) is 9.01. The molecule has 7 aromatic rings. The molecule has 0 aromatic carbocycles. The number of aryl methyl sites for hydroxylation is 1. The number of oxazole rings is 2. The molecule has 11 rings (SSSR count). The fourth-order valence-corrected chi connectivity index (χ4v) is 9.23. The maximum Gasteiger partial charge on any atom is 0.300 e. The minimum Gasteiger partial charge on any atom is -0.422 e. The third-order valence-electron chi connectivity index (χ3n) is 12.4. The van der Waals surface area contributed by atoms with Crippen LogP contribution in [0.5, 0.6) is 0 Å². The number of nitrogens with two attached hydrogens (primary N) is 1. The first kappa shape index (κ1) is 49.5. The molecule has 72 heavy (non-hydrogen) atoms. The molecule has 0 radical (unpaired) electrons. The second kappa shape index (κ2) is 22.3. The highest BCUT2D eigenvalue weighted by atomic mass is 35.5. The van der Waals surface area contributed by atoms with E-state index in [1.807, 2.05) is 55.1 Å². The fraction of sp³-hybridized carbons (Fsp3) is 0.388. The van der Waals surface area contributed by atoms with E-state index >= 15 is 0 Å². The highest BCUT2D eigenvalue weighted by Gasteiger charge is 2.40. The van der Waals surface area contributed by atoms with Crippen molar-refractivity contribution in [2.75, 3.05) is 118 Å². The Morgan fingerprint density at radius 3 is 1.89 bits per heavy atom. The zero-order valence-electron chi connectivity index (χ0n) is 40.8. The lowest BCUT2D eigenvalue weighted by Gasteiger charge is -2.24. The minimum absolute atomic E-state index is 0.0373. The van der Waals surface area contributed by atoms with Gasteiger partial charge in [0.1, 0.15) is 22.6 Å². The number of nitrogens with one attached hydrogen (secondary N) is 2. The van der Waals surface area contributed by atoms with Gasteiger partial charge in [-0.3, -0.25) is 19.3 Å². The summed E-state index contributed by atoms with van der Waals surface area (Å²) in [6.07, 6.45) is 6.62. The summed E-state index contributed by atoms with van der Waals surface area (Å²) in [5.41, 5.74) is 10.9. The molecule has 22 nitrogen and oxygen atoms in total. The molecule has 376 valence electrons. The number of anilines is 5. The number of aliphatic imine (C=N–C) groups is 1. The molecule has 0 aliphatic carbocycles. The Kier molecular flexibility index (Phi) is 15.3. The minimum atomic E-state index is -0.445. The summed E-state index contributed by atoms with van der Waals surface area (Å²) in [5.74, 6) is 1.74. The first-order valence-electron chi connectivity index (χ1n) is 23.9. The molecule has 2 atom stereocenters. The van der Waals surface area contributed by atoms with Gasteiger partial charge < -0.3 is 54.3 Å². The number of aromatic nitrogens is 8. The second-order valence-electron chi connectivity index (χ2n) is 17.3. The zero-order valence-corrected chi connectivity index (χ0v) is 41.5. The molecule has 2 amide bonds. The lowest BCUT2D eigenvalue weighted by Crippen LogP contribution is -2.36. The summed E-state index contributed by atoms with van der Waals surface area (Å²) < 4.78 is 24.4. The monoisotopic (exact) mass is 1000 g/mol. The van der Waals surface area contributed by atoms with Crippen LogP contribution in [-0.4, -0.2) is 155 Å². The van der Waals surface area contributed by atoms with Gasteiger partial charge in [0.15, 0.2) is 11.2 Å². The predicted octanol–water partition coefficient (Wildman–Crippen LogP) is 5.49. The number of fused-ring (bicyclic) bond motifs is 3. The molecule has 4 N–H and O–H groups in total. The maximum atomic E-state index is 13.7. The molecule has 0 saturated carbocycles. The molecule has 4 aliphatic heterocycles. The van der Waals surface area contributed by atoms with Gasteiger partial charge in [0, 0.05) is 108 Å². The number of rotatable bonds is 10. The number of hydrogen-bond acceptors (Lipinski definition) is 19. The number of nitrogens with zero attached hydrogens (tertiary/aromatic N) is 13. The Hall–Kier alpha value is -7.53. The Balaban J connectivity index is 0.000000176. The Labute approximate surface area is 420 Å². The SMILES string of the molecule is CC.CN=C/C(=C\N)c1cccc(NC(=O)c2cc3oc(N4CCOCC4)nc3nc2N2CC3CN(C)CC3C2)n1.Cn1cc(-c2cccc(NC(=O)c3cc4oc(N5CCOCC5)nc4nc3Cl)n2)cn1. The average Bonchev–Trinajstić information content (AvgIpc) is 4.26. The highest BCUT2D eigenvalue weighted by Crippen LogP contribution is 2.36. The van der Waals surface area contributed by atoms with E-state index in [0.717, 1.165) is 31.7 Å². The van der Waals surface area contributed by atoms with Crippen LogP contribution in [0.2, 0.25) is 5.15 Å². The van der Waals surface area contributed by atoms with Crippen molar-refractivity contribution in [1.29, 1.82) is 0 Å². The predicted molar refractivity (Wildman–Crippen MR) is 276 cm³/mol. The lowest BCUT2D eigenvalue weighted by atomic mass is 10.0. The summed E-state index contributed by atoms with van der Waals surface area (Å²) in [6, 6.07) is 14.9. The number of morpholine rings is 2. The van der Waals surface area contributed by atoms with Crippen LogP contribution in [0, 0.1) is 11.8 Å². The average molecular weight is 1000 g/mol. The molecule has 4 fully saturated rings. The van der Waals surface area contributed by atoms with Gasteiger partial charge in [-0.2, -0.15) is 15.1 Å². The normalized spacial score (nSPS) is 18.2. The van der Waals surface area contributed by atoms with E-state index in [1.54, 1.807) is 54.5 Å². The summed E-state index contributed by atoms with van der Waals surface area (Å²) >= 11 is 6.27. The van der Waals surface area contributed by atoms with Crippen LogP contribution in [0.3, 0.4) is 0 Å². The molecular weight excluding hydrogens is 944 g/mol. The van der Waals surface area contributed by atoms with Crippen LogP contribution >= 0.6 is 11.6 Å². The number of hydrogen-bond donors (Lipinski definition) is 3. The van der Waals surface area contributed by atoms with Crippen LogP contribution in [-0.2, 0) is 16.5 Å². The molecule has 23 heteroatoms. The van der Waals surface area contributed by atoms with Crippen molar-refractivity contribution >= 4 is 87.1 Å². The number of amides is 2. The van der Waals surface area contributed by atoms with Crippen molar-refractivity contribution in [2.45, 2.75) is 13.8 Å². The number of likely N-dealkylation sites (tertiary alicyclic amines) is 1. The standard InChI is InChI=1S/C27H33N9O3.C20H18ClN7O3.C2H6/c1-29-12-17(11-28)21-4-3-5-23(30-21)31-26(37)20-10-22-24(33-27(39-22)35-6-8-38-9-7-35)32-25(20)36-15-18-13-34(2)14-19(18)16-36;1-27-11-12(10-22-27)14-3-2-4-16(23-14)24-19(29)13-9-15-18(25-17(13)21)26-20(31-15)28-5-7-30-8-6-28;1-2/h3-5,10-12,18-19H,6-9,13-16,28H2,1-2H3,(H,30,31,37);2-4,9-11H,5-8H2,1H3,(H,23,24,29);1-2H3/b17-11+,29-12?;;.